The highest BCUT2D eigenvalue weighted by Crippen LogP contribution is 2.23. The summed E-state index contributed by atoms with van der Waals surface area (Å²) >= 11 is 0. The van der Waals surface area contributed by atoms with Crippen molar-refractivity contribution in [3.8, 4) is 11.1 Å². The van der Waals surface area contributed by atoms with E-state index in [-0.39, 0.29) is 0 Å². The van der Waals surface area contributed by atoms with Crippen LogP contribution in [0.4, 0.5) is 0 Å². The number of benzene rings is 2. The quantitative estimate of drug-likeness (QED) is 0.616. The smallest absolute Gasteiger partial charge is 0.228 e. The van der Waals surface area contributed by atoms with Crippen molar-refractivity contribution >= 4 is 11.6 Å². The average Bonchev–Trinajstić information content (AvgIpc) is 2.41. The molecule has 0 saturated carbocycles. The molecule has 2 heteroatoms. The molecule has 0 saturated heterocycles. The largest absolute Gasteiger partial charge is 0.291 e. The van der Waals surface area contributed by atoms with Crippen molar-refractivity contribution in [2.24, 2.45) is 0 Å². The van der Waals surface area contributed by atoms with Crippen LogP contribution in [0.3, 0.4) is 0 Å². The van der Waals surface area contributed by atoms with Crippen LogP contribution in [0, 0.1) is 13.8 Å². The Labute approximate surface area is 113 Å². The van der Waals surface area contributed by atoms with Gasteiger partial charge in [-0.2, -0.15) is 0 Å². The van der Waals surface area contributed by atoms with Crippen molar-refractivity contribution in [3.63, 3.8) is 0 Å². The van der Waals surface area contributed by atoms with E-state index in [9.17, 15) is 9.59 Å². The topological polar surface area (TPSA) is 34.1 Å². The van der Waals surface area contributed by atoms with Gasteiger partial charge in [-0.15, -0.1) is 0 Å². The van der Waals surface area contributed by atoms with Crippen molar-refractivity contribution < 1.29 is 9.59 Å². The molecule has 96 valence electrons. The fourth-order valence-electron chi connectivity index (χ4n) is 1.96. The van der Waals surface area contributed by atoms with Crippen molar-refractivity contribution in [2.75, 3.05) is 0 Å². The Kier molecular flexibility index (Phi) is 3.61. The van der Waals surface area contributed by atoms with Gasteiger partial charge in [0, 0.05) is 12.5 Å². The van der Waals surface area contributed by atoms with Gasteiger partial charge in [0.25, 0.3) is 0 Å². The third-order valence-corrected chi connectivity index (χ3v) is 3.28. The zero-order chi connectivity index (χ0) is 14.0. The number of carbonyl (C=O) groups excluding carboxylic acids is 2. The van der Waals surface area contributed by atoms with E-state index in [1.165, 1.54) is 18.1 Å². The Morgan fingerprint density at radius 3 is 2.16 bits per heavy atom. The Bertz CT molecular complexity index is 654. The number of hydrogen-bond acceptors (Lipinski definition) is 2. The summed E-state index contributed by atoms with van der Waals surface area (Å²) in [6.07, 6.45) is 0. The first-order chi connectivity index (χ1) is 8.99. The van der Waals surface area contributed by atoms with Gasteiger partial charge in [-0.1, -0.05) is 36.4 Å². The first-order valence-corrected chi connectivity index (χ1v) is 6.22. The van der Waals surface area contributed by atoms with Gasteiger partial charge in [-0.05, 0) is 42.2 Å². The first-order valence-electron chi connectivity index (χ1n) is 6.22. The third-order valence-electron chi connectivity index (χ3n) is 3.28. The zero-order valence-electron chi connectivity index (χ0n) is 11.4. The maximum Gasteiger partial charge on any atom is 0.228 e. The monoisotopic (exact) mass is 252 g/mol. The molecule has 0 aliphatic carbocycles. The summed E-state index contributed by atoms with van der Waals surface area (Å²) in [6.45, 7) is 5.42. The van der Waals surface area contributed by atoms with Gasteiger partial charge in [0.1, 0.15) is 0 Å². The van der Waals surface area contributed by atoms with Crippen molar-refractivity contribution in [1.82, 2.24) is 0 Å². The summed E-state index contributed by atoms with van der Waals surface area (Å²) in [5.41, 5.74) is 4.90. The highest BCUT2D eigenvalue weighted by atomic mass is 16.2. The van der Waals surface area contributed by atoms with E-state index < -0.39 is 11.6 Å². The fraction of sp³-hybridized carbons (Fsp3) is 0.176. The van der Waals surface area contributed by atoms with E-state index in [2.05, 4.69) is 26.0 Å². The molecule has 0 atom stereocenters. The molecule has 19 heavy (non-hydrogen) atoms. The number of ketones is 2. The second-order valence-corrected chi connectivity index (χ2v) is 4.77. The molecule has 0 N–H and O–H groups in total. The van der Waals surface area contributed by atoms with Gasteiger partial charge < -0.3 is 0 Å². The molecule has 2 aromatic rings. The van der Waals surface area contributed by atoms with Gasteiger partial charge >= 0.3 is 0 Å². The van der Waals surface area contributed by atoms with E-state index in [4.69, 9.17) is 0 Å². The van der Waals surface area contributed by atoms with Gasteiger partial charge in [0.2, 0.25) is 5.78 Å². The van der Waals surface area contributed by atoms with E-state index >= 15 is 0 Å². The zero-order valence-corrected chi connectivity index (χ0v) is 11.4. The highest BCUT2D eigenvalue weighted by molar-refractivity contribution is 6.43. The van der Waals surface area contributed by atoms with Crippen LogP contribution in [0.25, 0.3) is 11.1 Å². The molecule has 0 aliphatic rings. The van der Waals surface area contributed by atoms with Crippen molar-refractivity contribution in [3.05, 3.63) is 59.2 Å². The molecule has 2 nitrogen and oxygen atoms in total. The van der Waals surface area contributed by atoms with E-state index in [1.807, 2.05) is 12.1 Å². The molecular formula is C17H16O2. The van der Waals surface area contributed by atoms with E-state index in [1.54, 1.807) is 18.2 Å². The fourth-order valence-corrected chi connectivity index (χ4v) is 1.96. The van der Waals surface area contributed by atoms with Crippen LogP contribution < -0.4 is 0 Å². The van der Waals surface area contributed by atoms with Crippen LogP contribution in [0.5, 0.6) is 0 Å². The second-order valence-electron chi connectivity index (χ2n) is 4.77. The molecule has 0 aliphatic heterocycles. The van der Waals surface area contributed by atoms with Crippen molar-refractivity contribution in [2.45, 2.75) is 20.8 Å². The lowest BCUT2D eigenvalue weighted by Crippen LogP contribution is -2.09. The van der Waals surface area contributed by atoms with Gasteiger partial charge in [0.15, 0.2) is 5.78 Å². The molecular weight excluding hydrogens is 236 g/mol. The predicted molar refractivity (Wildman–Crippen MR) is 76.4 cm³/mol. The Morgan fingerprint density at radius 1 is 0.842 bits per heavy atom. The van der Waals surface area contributed by atoms with E-state index in [0.29, 0.717) is 5.56 Å². The maximum absolute atomic E-state index is 11.7. The van der Waals surface area contributed by atoms with Crippen LogP contribution in [0.2, 0.25) is 0 Å². The molecule has 0 aromatic heterocycles. The van der Waals surface area contributed by atoms with Crippen LogP contribution in [0.1, 0.15) is 28.4 Å². The number of carbonyl (C=O) groups is 2. The number of aryl methyl sites for hydroxylation is 2. The normalized spacial score (nSPS) is 10.3. The predicted octanol–water partition coefficient (Wildman–Crippen LogP) is 3.74. The van der Waals surface area contributed by atoms with Gasteiger partial charge in [-0.25, -0.2) is 0 Å². The van der Waals surface area contributed by atoms with Gasteiger partial charge in [-0.3, -0.25) is 9.59 Å². The molecule has 2 aromatic carbocycles. The van der Waals surface area contributed by atoms with Crippen LogP contribution >= 0.6 is 0 Å². The molecule has 0 heterocycles. The van der Waals surface area contributed by atoms with Gasteiger partial charge in [0.05, 0.1) is 0 Å². The summed E-state index contributed by atoms with van der Waals surface area (Å²) < 4.78 is 0. The van der Waals surface area contributed by atoms with Crippen LogP contribution in [-0.4, -0.2) is 11.6 Å². The summed E-state index contributed by atoms with van der Waals surface area (Å²) in [4.78, 5) is 22.8. The molecule has 0 spiro atoms. The molecule has 0 unspecified atom stereocenters. The SMILES string of the molecule is CC(=O)C(=O)c1cccc(-c2ccc(C)c(C)c2)c1. The minimum atomic E-state index is -0.439. The summed E-state index contributed by atoms with van der Waals surface area (Å²) in [6, 6.07) is 13.4. The van der Waals surface area contributed by atoms with E-state index in [0.717, 1.165) is 11.1 Å². The lowest BCUT2D eigenvalue weighted by Gasteiger charge is -2.07. The lowest BCUT2D eigenvalue weighted by atomic mass is 9.97. The minimum Gasteiger partial charge on any atom is -0.291 e. The number of rotatable bonds is 3. The summed E-state index contributed by atoms with van der Waals surface area (Å²) in [5, 5.41) is 0. The third kappa shape index (κ3) is 2.79. The molecule has 0 fully saturated rings. The lowest BCUT2D eigenvalue weighted by molar-refractivity contribution is -0.113. The average molecular weight is 252 g/mol. The number of hydrogen-bond donors (Lipinski definition) is 0. The van der Waals surface area contributed by atoms with Crippen molar-refractivity contribution in [1.29, 1.82) is 0 Å². The Balaban J connectivity index is 2.46. The Hall–Kier alpha value is -2.22. The second kappa shape index (κ2) is 5.19. The summed E-state index contributed by atoms with van der Waals surface area (Å²) in [7, 11) is 0. The minimum absolute atomic E-state index is 0.433. The molecule has 0 radical (unpaired) electrons. The summed E-state index contributed by atoms with van der Waals surface area (Å²) in [5.74, 6) is -0.872. The Morgan fingerprint density at radius 2 is 1.53 bits per heavy atom. The highest BCUT2D eigenvalue weighted by Gasteiger charge is 2.11. The molecule has 0 amide bonds. The molecule has 0 bridgehead atoms. The molecule has 2 rings (SSSR count). The van der Waals surface area contributed by atoms with Crippen LogP contribution in [0.15, 0.2) is 42.5 Å². The number of Topliss-reactive ketones (excluding diaryl/α,β-unsaturated/α-hetero) is 2. The maximum atomic E-state index is 11.7. The van der Waals surface area contributed by atoms with Crippen LogP contribution in [-0.2, 0) is 4.79 Å². The first kappa shape index (κ1) is 13.2. The standard InChI is InChI=1S/C17H16O2/c1-11-7-8-15(9-12(11)2)14-5-4-6-16(10-14)17(19)13(3)18/h4-10H,1-3H3.